The van der Waals surface area contributed by atoms with Crippen molar-refractivity contribution in [2.45, 2.75) is 12.5 Å². The van der Waals surface area contributed by atoms with Crippen LogP contribution in [0.25, 0.3) is 0 Å². The Hall–Kier alpha value is -0.650. The summed E-state index contributed by atoms with van der Waals surface area (Å²) in [6.45, 7) is 5.69. The van der Waals surface area contributed by atoms with Gasteiger partial charge in [-0.25, -0.2) is 0 Å². The second-order valence-electron chi connectivity index (χ2n) is 3.91. The number of carbonyl (C=O) groups is 1. The number of nitrogens with two attached hydrogens (primary N) is 1. The molecule has 0 aromatic heterocycles. The summed E-state index contributed by atoms with van der Waals surface area (Å²) in [7, 11) is 0. The SMILES string of the molecule is C=C(Br)CNC(=O)C(C)(N)c1ccc(Br)cc1. The fourth-order valence-electron chi connectivity index (χ4n) is 1.29. The number of amides is 1. The van der Waals surface area contributed by atoms with E-state index in [1.165, 1.54) is 0 Å². The molecule has 17 heavy (non-hydrogen) atoms. The summed E-state index contributed by atoms with van der Waals surface area (Å²) in [5.74, 6) is -0.236. The molecule has 1 aromatic carbocycles. The summed E-state index contributed by atoms with van der Waals surface area (Å²) in [6, 6.07) is 7.37. The van der Waals surface area contributed by atoms with Crippen LogP contribution in [0.1, 0.15) is 12.5 Å². The van der Waals surface area contributed by atoms with Gasteiger partial charge in [0.15, 0.2) is 0 Å². The Morgan fingerprint density at radius 1 is 1.47 bits per heavy atom. The summed E-state index contributed by atoms with van der Waals surface area (Å²) >= 11 is 6.52. The molecule has 0 radical (unpaired) electrons. The van der Waals surface area contributed by atoms with Crippen LogP contribution < -0.4 is 11.1 Å². The quantitative estimate of drug-likeness (QED) is 0.866. The van der Waals surface area contributed by atoms with Gasteiger partial charge in [0, 0.05) is 15.5 Å². The molecule has 3 N–H and O–H groups in total. The highest BCUT2D eigenvalue weighted by molar-refractivity contribution is 9.11. The Morgan fingerprint density at radius 3 is 2.47 bits per heavy atom. The highest BCUT2D eigenvalue weighted by atomic mass is 79.9. The molecule has 1 amide bonds. The van der Waals surface area contributed by atoms with E-state index < -0.39 is 5.54 Å². The summed E-state index contributed by atoms with van der Waals surface area (Å²) in [4.78, 5) is 11.9. The number of nitrogens with one attached hydrogen (secondary N) is 1. The second kappa shape index (κ2) is 5.80. The van der Waals surface area contributed by atoms with Gasteiger partial charge in [0.1, 0.15) is 5.54 Å². The van der Waals surface area contributed by atoms with Gasteiger partial charge < -0.3 is 11.1 Å². The third kappa shape index (κ3) is 3.94. The van der Waals surface area contributed by atoms with E-state index in [4.69, 9.17) is 5.73 Å². The van der Waals surface area contributed by atoms with Crippen LogP contribution in [0.2, 0.25) is 0 Å². The topological polar surface area (TPSA) is 55.1 Å². The van der Waals surface area contributed by atoms with Crippen LogP contribution in [0.3, 0.4) is 0 Å². The molecule has 0 spiro atoms. The van der Waals surface area contributed by atoms with Gasteiger partial charge in [-0.2, -0.15) is 0 Å². The largest absolute Gasteiger partial charge is 0.350 e. The molecule has 0 fully saturated rings. The lowest BCUT2D eigenvalue weighted by molar-refractivity contribution is -0.125. The first-order valence-electron chi connectivity index (χ1n) is 5.00. The van der Waals surface area contributed by atoms with E-state index in [2.05, 4.69) is 43.8 Å². The Labute approximate surface area is 118 Å². The maximum Gasteiger partial charge on any atom is 0.244 e. The van der Waals surface area contributed by atoms with Crippen molar-refractivity contribution in [3.8, 4) is 0 Å². The van der Waals surface area contributed by atoms with E-state index in [-0.39, 0.29) is 5.91 Å². The van der Waals surface area contributed by atoms with Crippen LogP contribution >= 0.6 is 31.9 Å². The molecule has 0 aliphatic carbocycles. The molecule has 0 heterocycles. The van der Waals surface area contributed by atoms with Crippen LogP contribution in [0.15, 0.2) is 39.8 Å². The second-order valence-corrected chi connectivity index (χ2v) is 5.95. The van der Waals surface area contributed by atoms with Crippen molar-refractivity contribution in [1.29, 1.82) is 0 Å². The lowest BCUT2D eigenvalue weighted by Crippen LogP contribution is -2.49. The minimum atomic E-state index is -1.05. The molecule has 0 aliphatic heterocycles. The van der Waals surface area contributed by atoms with E-state index >= 15 is 0 Å². The molecule has 1 rings (SSSR count). The van der Waals surface area contributed by atoms with Gasteiger partial charge in [-0.05, 0) is 24.6 Å². The number of carbonyl (C=O) groups excluding carboxylic acids is 1. The summed E-state index contributed by atoms with van der Waals surface area (Å²) in [5.41, 5.74) is 5.76. The molecule has 92 valence electrons. The molecule has 1 aromatic rings. The maximum atomic E-state index is 11.9. The number of benzene rings is 1. The molecule has 3 nitrogen and oxygen atoms in total. The van der Waals surface area contributed by atoms with E-state index in [1.54, 1.807) is 6.92 Å². The molecule has 0 bridgehead atoms. The molecule has 0 saturated heterocycles. The smallest absolute Gasteiger partial charge is 0.244 e. The molecular weight excluding hydrogens is 348 g/mol. The molecular formula is C12H14Br2N2O. The molecule has 5 heteroatoms. The minimum absolute atomic E-state index is 0.236. The van der Waals surface area contributed by atoms with Gasteiger partial charge in [-0.15, -0.1) is 0 Å². The average molecular weight is 362 g/mol. The van der Waals surface area contributed by atoms with Crippen molar-refractivity contribution in [2.24, 2.45) is 5.73 Å². The standard InChI is InChI=1S/C12H14Br2N2O/c1-8(13)7-16-11(17)12(2,15)9-3-5-10(14)6-4-9/h3-6H,1,7,15H2,2H3,(H,16,17). The van der Waals surface area contributed by atoms with Gasteiger partial charge in [-0.3, -0.25) is 4.79 Å². The highest BCUT2D eigenvalue weighted by Crippen LogP contribution is 2.20. The van der Waals surface area contributed by atoms with Gasteiger partial charge in [-0.1, -0.05) is 50.6 Å². The normalized spacial score (nSPS) is 13.9. The number of rotatable bonds is 4. The lowest BCUT2D eigenvalue weighted by Gasteiger charge is -2.24. The fourth-order valence-corrected chi connectivity index (χ4v) is 1.69. The Bertz CT molecular complexity index is 427. The van der Waals surface area contributed by atoms with E-state index in [9.17, 15) is 4.79 Å². The third-order valence-electron chi connectivity index (χ3n) is 2.36. The van der Waals surface area contributed by atoms with Gasteiger partial charge in [0.25, 0.3) is 0 Å². The van der Waals surface area contributed by atoms with Crippen molar-refractivity contribution >= 4 is 37.8 Å². The van der Waals surface area contributed by atoms with E-state index in [0.717, 1.165) is 10.0 Å². The zero-order chi connectivity index (χ0) is 13.1. The molecule has 0 aliphatic rings. The van der Waals surface area contributed by atoms with E-state index in [1.807, 2.05) is 24.3 Å². The monoisotopic (exact) mass is 360 g/mol. The van der Waals surface area contributed by atoms with Crippen LogP contribution in [-0.2, 0) is 10.3 Å². The predicted molar refractivity (Wildman–Crippen MR) is 76.8 cm³/mol. The van der Waals surface area contributed by atoms with Crippen molar-refractivity contribution < 1.29 is 4.79 Å². The van der Waals surface area contributed by atoms with Crippen LogP contribution in [0.4, 0.5) is 0 Å². The Balaban J connectivity index is 2.82. The van der Waals surface area contributed by atoms with Crippen molar-refractivity contribution in [2.75, 3.05) is 6.54 Å². The molecule has 1 unspecified atom stereocenters. The Kier molecular flexibility index (Phi) is 4.91. The average Bonchev–Trinajstić information content (AvgIpc) is 2.26. The Morgan fingerprint density at radius 2 is 2.00 bits per heavy atom. The lowest BCUT2D eigenvalue weighted by atomic mass is 9.92. The van der Waals surface area contributed by atoms with E-state index in [0.29, 0.717) is 11.0 Å². The van der Waals surface area contributed by atoms with Crippen molar-refractivity contribution in [3.05, 3.63) is 45.4 Å². The van der Waals surface area contributed by atoms with Crippen LogP contribution in [0, 0.1) is 0 Å². The maximum absolute atomic E-state index is 11.9. The summed E-state index contributed by atoms with van der Waals surface area (Å²) < 4.78 is 1.66. The van der Waals surface area contributed by atoms with Crippen molar-refractivity contribution in [1.82, 2.24) is 5.32 Å². The summed E-state index contributed by atoms with van der Waals surface area (Å²) in [6.07, 6.45) is 0. The summed E-state index contributed by atoms with van der Waals surface area (Å²) in [5, 5.41) is 2.71. The third-order valence-corrected chi connectivity index (χ3v) is 3.17. The van der Waals surface area contributed by atoms with Crippen molar-refractivity contribution in [3.63, 3.8) is 0 Å². The first-order chi connectivity index (χ1) is 7.84. The highest BCUT2D eigenvalue weighted by Gasteiger charge is 2.30. The first kappa shape index (κ1) is 14.4. The number of hydrogen-bond acceptors (Lipinski definition) is 2. The van der Waals surface area contributed by atoms with Crippen LogP contribution in [-0.4, -0.2) is 12.5 Å². The predicted octanol–water partition coefficient (Wildman–Crippen LogP) is 2.65. The van der Waals surface area contributed by atoms with Gasteiger partial charge in [0.05, 0.1) is 0 Å². The number of halogens is 2. The van der Waals surface area contributed by atoms with Gasteiger partial charge >= 0.3 is 0 Å². The number of hydrogen-bond donors (Lipinski definition) is 2. The van der Waals surface area contributed by atoms with Gasteiger partial charge in [0.2, 0.25) is 5.91 Å². The first-order valence-corrected chi connectivity index (χ1v) is 6.59. The molecule has 1 atom stereocenters. The minimum Gasteiger partial charge on any atom is -0.350 e. The molecule has 0 saturated carbocycles. The van der Waals surface area contributed by atoms with Crippen LogP contribution in [0.5, 0.6) is 0 Å². The fraction of sp³-hybridized carbons (Fsp3) is 0.250. The zero-order valence-electron chi connectivity index (χ0n) is 9.47. The zero-order valence-corrected chi connectivity index (χ0v) is 12.6.